The van der Waals surface area contributed by atoms with Crippen molar-refractivity contribution in [3.63, 3.8) is 0 Å². The molecule has 0 radical (unpaired) electrons. The van der Waals surface area contributed by atoms with Crippen LogP contribution in [0.15, 0.2) is 6.33 Å². The lowest BCUT2D eigenvalue weighted by atomic mass is 10.1. The van der Waals surface area contributed by atoms with E-state index < -0.39 is 4.92 Å². The van der Waals surface area contributed by atoms with E-state index in [2.05, 4.69) is 15.3 Å². The van der Waals surface area contributed by atoms with Crippen molar-refractivity contribution in [1.82, 2.24) is 9.97 Å². The van der Waals surface area contributed by atoms with Gasteiger partial charge in [-0.1, -0.05) is 6.42 Å². The minimum absolute atomic E-state index is 0.0980. The van der Waals surface area contributed by atoms with Crippen molar-refractivity contribution >= 4 is 17.3 Å². The molecule has 8 heteroatoms. The van der Waals surface area contributed by atoms with Crippen LogP contribution in [-0.2, 0) is 0 Å². The lowest BCUT2D eigenvalue weighted by Gasteiger charge is -2.15. The number of nitrogens with one attached hydrogen (secondary N) is 1. The Labute approximate surface area is 103 Å². The monoisotopic (exact) mass is 253 g/mol. The third-order valence-corrected chi connectivity index (χ3v) is 3.18. The number of nitrogens with two attached hydrogens (primary N) is 1. The average molecular weight is 253 g/mol. The Morgan fingerprint density at radius 3 is 2.94 bits per heavy atom. The Kier molecular flexibility index (Phi) is 3.56. The summed E-state index contributed by atoms with van der Waals surface area (Å²) in [5, 5.41) is 23.4. The number of anilines is 2. The van der Waals surface area contributed by atoms with E-state index in [0.29, 0.717) is 6.54 Å². The molecule has 0 bridgehead atoms. The van der Waals surface area contributed by atoms with Crippen molar-refractivity contribution in [3.8, 4) is 0 Å². The van der Waals surface area contributed by atoms with E-state index >= 15 is 0 Å². The third-order valence-electron chi connectivity index (χ3n) is 3.18. The molecule has 8 nitrogen and oxygen atoms in total. The van der Waals surface area contributed by atoms with Gasteiger partial charge < -0.3 is 16.2 Å². The standard InChI is InChI=1S/C10H15N5O3/c11-9-8(15(17)18)10(14-5-13-9)12-4-6-2-1-3-7(6)16/h5-7,16H,1-4H2,(H3,11,12,13,14). The van der Waals surface area contributed by atoms with E-state index in [4.69, 9.17) is 5.73 Å². The molecule has 1 aliphatic rings. The van der Waals surface area contributed by atoms with Crippen molar-refractivity contribution in [2.45, 2.75) is 25.4 Å². The molecule has 0 aliphatic heterocycles. The summed E-state index contributed by atoms with van der Waals surface area (Å²) >= 11 is 0. The molecule has 0 spiro atoms. The first-order valence-corrected chi connectivity index (χ1v) is 5.76. The van der Waals surface area contributed by atoms with E-state index in [1.54, 1.807) is 0 Å². The summed E-state index contributed by atoms with van der Waals surface area (Å²) in [6, 6.07) is 0. The minimum Gasteiger partial charge on any atom is -0.393 e. The molecular weight excluding hydrogens is 238 g/mol. The number of nitro groups is 1. The van der Waals surface area contributed by atoms with E-state index in [1.165, 1.54) is 6.33 Å². The van der Waals surface area contributed by atoms with Crippen LogP contribution in [0.4, 0.5) is 17.3 Å². The molecule has 1 aromatic heterocycles. The van der Waals surface area contributed by atoms with E-state index in [9.17, 15) is 15.2 Å². The number of hydrogen-bond acceptors (Lipinski definition) is 7. The number of hydrogen-bond donors (Lipinski definition) is 3. The number of nitrogens with zero attached hydrogens (tertiary/aromatic N) is 3. The van der Waals surface area contributed by atoms with Gasteiger partial charge in [0.25, 0.3) is 0 Å². The quantitative estimate of drug-likeness (QED) is 0.527. The summed E-state index contributed by atoms with van der Waals surface area (Å²) in [5.41, 5.74) is 5.14. The molecule has 1 saturated carbocycles. The van der Waals surface area contributed by atoms with Gasteiger partial charge >= 0.3 is 5.69 Å². The minimum atomic E-state index is -0.608. The highest BCUT2D eigenvalue weighted by Crippen LogP contribution is 2.29. The number of aromatic nitrogens is 2. The Balaban J connectivity index is 2.09. The van der Waals surface area contributed by atoms with Crippen molar-refractivity contribution in [2.24, 2.45) is 5.92 Å². The lowest BCUT2D eigenvalue weighted by Crippen LogP contribution is -2.22. The maximum atomic E-state index is 10.9. The van der Waals surface area contributed by atoms with Gasteiger partial charge in [0.15, 0.2) is 0 Å². The molecule has 4 N–H and O–H groups in total. The van der Waals surface area contributed by atoms with Crippen LogP contribution in [0.5, 0.6) is 0 Å². The molecule has 0 amide bonds. The van der Waals surface area contributed by atoms with Crippen LogP contribution in [0, 0.1) is 16.0 Å². The first-order valence-electron chi connectivity index (χ1n) is 5.76. The highest BCUT2D eigenvalue weighted by Gasteiger charge is 2.27. The van der Waals surface area contributed by atoms with Crippen molar-refractivity contribution in [1.29, 1.82) is 0 Å². The van der Waals surface area contributed by atoms with E-state index in [-0.39, 0.29) is 29.3 Å². The van der Waals surface area contributed by atoms with Crippen LogP contribution in [0.3, 0.4) is 0 Å². The van der Waals surface area contributed by atoms with E-state index in [1.807, 2.05) is 0 Å². The first kappa shape index (κ1) is 12.5. The fourth-order valence-corrected chi connectivity index (χ4v) is 2.18. The lowest BCUT2D eigenvalue weighted by molar-refractivity contribution is -0.383. The molecule has 1 aliphatic carbocycles. The Morgan fingerprint density at radius 2 is 2.33 bits per heavy atom. The topological polar surface area (TPSA) is 127 Å². The second kappa shape index (κ2) is 5.13. The average Bonchev–Trinajstić information content (AvgIpc) is 2.71. The highest BCUT2D eigenvalue weighted by atomic mass is 16.6. The summed E-state index contributed by atoms with van der Waals surface area (Å²) < 4.78 is 0. The smallest absolute Gasteiger partial charge is 0.352 e. The molecule has 0 aromatic carbocycles. The predicted octanol–water partition coefficient (Wildman–Crippen LogP) is 0.540. The van der Waals surface area contributed by atoms with Gasteiger partial charge in [-0.2, -0.15) is 0 Å². The third kappa shape index (κ3) is 2.48. The zero-order chi connectivity index (χ0) is 13.1. The summed E-state index contributed by atoms with van der Waals surface area (Å²) in [6.45, 7) is 0.443. The molecule has 1 heterocycles. The first-order chi connectivity index (χ1) is 8.59. The van der Waals surface area contributed by atoms with Gasteiger partial charge in [0.1, 0.15) is 6.33 Å². The van der Waals surface area contributed by atoms with Gasteiger partial charge in [0.05, 0.1) is 11.0 Å². The second-order valence-electron chi connectivity index (χ2n) is 4.35. The maximum absolute atomic E-state index is 10.9. The normalized spacial score (nSPS) is 22.9. The molecular formula is C10H15N5O3. The molecule has 1 aromatic rings. The van der Waals surface area contributed by atoms with Gasteiger partial charge in [-0.25, -0.2) is 9.97 Å². The SMILES string of the molecule is Nc1ncnc(NCC2CCCC2O)c1[N+](=O)[O-]. The Bertz CT molecular complexity index is 453. The van der Waals surface area contributed by atoms with Gasteiger partial charge in [0.2, 0.25) is 11.6 Å². The van der Waals surface area contributed by atoms with Crippen molar-refractivity contribution < 1.29 is 10.0 Å². The fraction of sp³-hybridized carbons (Fsp3) is 0.600. The predicted molar refractivity (Wildman–Crippen MR) is 64.9 cm³/mol. The van der Waals surface area contributed by atoms with Gasteiger partial charge in [-0.05, 0) is 12.8 Å². The molecule has 2 unspecified atom stereocenters. The van der Waals surface area contributed by atoms with Gasteiger partial charge in [0, 0.05) is 12.5 Å². The van der Waals surface area contributed by atoms with Crippen LogP contribution >= 0.6 is 0 Å². The molecule has 2 atom stereocenters. The summed E-state index contributed by atoms with van der Waals surface area (Å²) in [7, 11) is 0. The fourth-order valence-electron chi connectivity index (χ4n) is 2.18. The highest BCUT2D eigenvalue weighted by molar-refractivity contribution is 5.67. The largest absolute Gasteiger partial charge is 0.393 e. The Hall–Kier alpha value is -1.96. The zero-order valence-corrected chi connectivity index (χ0v) is 9.74. The molecule has 18 heavy (non-hydrogen) atoms. The summed E-state index contributed by atoms with van der Waals surface area (Å²) in [4.78, 5) is 17.7. The van der Waals surface area contributed by atoms with Crippen molar-refractivity contribution in [3.05, 3.63) is 16.4 Å². The molecule has 0 saturated heterocycles. The summed E-state index contributed by atoms with van der Waals surface area (Å²) in [5.74, 6) is 0.0388. The molecule has 98 valence electrons. The van der Waals surface area contributed by atoms with Gasteiger partial charge in [-0.3, -0.25) is 10.1 Å². The van der Waals surface area contributed by atoms with Crippen molar-refractivity contribution in [2.75, 3.05) is 17.6 Å². The Morgan fingerprint density at radius 1 is 1.56 bits per heavy atom. The maximum Gasteiger partial charge on any atom is 0.352 e. The van der Waals surface area contributed by atoms with Crippen LogP contribution in [0.1, 0.15) is 19.3 Å². The number of aliphatic hydroxyl groups is 1. The zero-order valence-electron chi connectivity index (χ0n) is 9.74. The summed E-state index contributed by atoms with van der Waals surface area (Å²) in [6.07, 6.45) is 3.48. The van der Waals surface area contributed by atoms with Crippen LogP contribution < -0.4 is 11.1 Å². The molecule has 1 fully saturated rings. The van der Waals surface area contributed by atoms with E-state index in [0.717, 1.165) is 19.3 Å². The second-order valence-corrected chi connectivity index (χ2v) is 4.35. The van der Waals surface area contributed by atoms with Crippen LogP contribution in [0.25, 0.3) is 0 Å². The number of rotatable bonds is 4. The molecule has 2 rings (SSSR count). The van der Waals surface area contributed by atoms with Crippen LogP contribution in [-0.4, -0.2) is 32.6 Å². The van der Waals surface area contributed by atoms with Gasteiger partial charge in [-0.15, -0.1) is 0 Å². The van der Waals surface area contributed by atoms with Crippen LogP contribution in [0.2, 0.25) is 0 Å². The number of nitrogen functional groups attached to an aromatic ring is 1. The number of aliphatic hydroxyl groups excluding tert-OH is 1.